The van der Waals surface area contributed by atoms with E-state index in [-0.39, 0.29) is 0 Å². The van der Waals surface area contributed by atoms with Crippen molar-refractivity contribution in [1.29, 1.82) is 0 Å². The minimum absolute atomic E-state index is 0.343. The zero-order chi connectivity index (χ0) is 13.0. The van der Waals surface area contributed by atoms with Crippen LogP contribution in [0.25, 0.3) is 0 Å². The van der Waals surface area contributed by atoms with Crippen LogP contribution in [0, 0.1) is 0 Å². The van der Waals surface area contributed by atoms with Gasteiger partial charge >= 0.3 is 0 Å². The molecule has 0 spiro atoms. The molecule has 0 saturated carbocycles. The minimum atomic E-state index is 0.343. The molecular formula is C14H16ClNS2. The van der Waals surface area contributed by atoms with E-state index >= 15 is 0 Å². The monoisotopic (exact) mass is 297 g/mol. The lowest BCUT2D eigenvalue weighted by Crippen LogP contribution is -2.18. The molecule has 96 valence electrons. The summed E-state index contributed by atoms with van der Waals surface area (Å²) >= 11 is 9.39. The minimum Gasteiger partial charge on any atom is -0.313 e. The smallest absolute Gasteiger partial charge is 0.0931 e. The highest BCUT2D eigenvalue weighted by Gasteiger charge is 2.11. The van der Waals surface area contributed by atoms with Crippen LogP contribution in [-0.4, -0.2) is 13.3 Å². The number of thiophene rings is 1. The van der Waals surface area contributed by atoms with Crippen LogP contribution in [0.4, 0.5) is 0 Å². The van der Waals surface area contributed by atoms with Crippen LogP contribution >= 0.6 is 34.7 Å². The fraction of sp³-hybridized carbons (Fsp3) is 0.286. The molecule has 0 aliphatic heterocycles. The van der Waals surface area contributed by atoms with Gasteiger partial charge in [-0.05, 0) is 43.1 Å². The molecule has 1 aromatic heterocycles. The van der Waals surface area contributed by atoms with Gasteiger partial charge in [0.25, 0.3) is 0 Å². The molecule has 0 radical (unpaired) electrons. The lowest BCUT2D eigenvalue weighted by Gasteiger charge is -2.16. The van der Waals surface area contributed by atoms with Crippen LogP contribution < -0.4 is 5.32 Å². The number of nitrogens with one attached hydrogen (secondary N) is 1. The van der Waals surface area contributed by atoms with Crippen molar-refractivity contribution in [3.8, 4) is 0 Å². The number of hydrogen-bond acceptors (Lipinski definition) is 3. The zero-order valence-electron chi connectivity index (χ0n) is 10.4. The van der Waals surface area contributed by atoms with Crippen LogP contribution in [0.15, 0.2) is 41.3 Å². The Labute approximate surface area is 122 Å². The van der Waals surface area contributed by atoms with Gasteiger partial charge in [-0.1, -0.05) is 23.7 Å². The Morgan fingerprint density at radius 1 is 1.22 bits per heavy atom. The summed E-state index contributed by atoms with van der Waals surface area (Å²) in [6, 6.07) is 13.1. The summed E-state index contributed by atoms with van der Waals surface area (Å²) in [5, 5.41) is 3.37. The molecular weight excluding hydrogens is 282 g/mol. The summed E-state index contributed by atoms with van der Waals surface area (Å²) in [7, 11) is 2.00. The molecule has 2 aromatic rings. The zero-order valence-corrected chi connectivity index (χ0v) is 12.8. The third-order valence-electron chi connectivity index (χ3n) is 2.90. The van der Waals surface area contributed by atoms with Gasteiger partial charge in [-0.25, -0.2) is 0 Å². The summed E-state index contributed by atoms with van der Waals surface area (Å²) in [4.78, 5) is 2.61. The first-order chi connectivity index (χ1) is 8.72. The second kappa shape index (κ2) is 6.62. The molecule has 0 aliphatic carbocycles. The van der Waals surface area contributed by atoms with E-state index in [1.807, 2.05) is 13.1 Å². The average Bonchev–Trinajstić information content (AvgIpc) is 2.82. The Hall–Kier alpha value is -0.480. The number of halogens is 1. The Morgan fingerprint density at radius 3 is 2.44 bits per heavy atom. The number of hydrogen-bond donors (Lipinski definition) is 1. The van der Waals surface area contributed by atoms with E-state index in [2.05, 4.69) is 41.9 Å². The van der Waals surface area contributed by atoms with E-state index in [4.69, 9.17) is 11.6 Å². The van der Waals surface area contributed by atoms with Crippen LogP contribution in [0.1, 0.15) is 16.5 Å². The van der Waals surface area contributed by atoms with Crippen molar-refractivity contribution in [2.75, 3.05) is 13.3 Å². The highest BCUT2D eigenvalue weighted by molar-refractivity contribution is 7.98. The molecule has 1 atom stereocenters. The second-order valence-electron chi connectivity index (χ2n) is 4.02. The van der Waals surface area contributed by atoms with Crippen LogP contribution in [0.2, 0.25) is 4.34 Å². The normalized spacial score (nSPS) is 12.6. The van der Waals surface area contributed by atoms with Crippen LogP contribution in [-0.2, 0) is 6.42 Å². The number of thioether (sulfide) groups is 1. The molecule has 1 unspecified atom stereocenters. The molecule has 2 rings (SSSR count). The maximum Gasteiger partial charge on any atom is 0.0931 e. The van der Waals surface area contributed by atoms with E-state index in [0.717, 1.165) is 10.8 Å². The average molecular weight is 298 g/mol. The van der Waals surface area contributed by atoms with Crippen molar-refractivity contribution in [2.45, 2.75) is 17.4 Å². The topological polar surface area (TPSA) is 12.0 Å². The second-order valence-corrected chi connectivity index (χ2v) is 6.70. The summed E-state index contributed by atoms with van der Waals surface area (Å²) in [6.45, 7) is 0. The van der Waals surface area contributed by atoms with Crippen molar-refractivity contribution >= 4 is 34.7 Å². The van der Waals surface area contributed by atoms with Crippen molar-refractivity contribution in [1.82, 2.24) is 5.32 Å². The van der Waals surface area contributed by atoms with Crippen molar-refractivity contribution in [3.63, 3.8) is 0 Å². The molecule has 18 heavy (non-hydrogen) atoms. The van der Waals surface area contributed by atoms with Crippen molar-refractivity contribution in [3.05, 3.63) is 51.2 Å². The third-order valence-corrected chi connectivity index (χ3v) is 4.90. The molecule has 0 bridgehead atoms. The van der Waals surface area contributed by atoms with Gasteiger partial charge in [-0.15, -0.1) is 23.1 Å². The van der Waals surface area contributed by atoms with E-state index in [9.17, 15) is 0 Å². The van der Waals surface area contributed by atoms with Gasteiger partial charge in [0.05, 0.1) is 4.34 Å². The van der Waals surface area contributed by atoms with E-state index in [1.54, 1.807) is 23.1 Å². The molecule has 1 N–H and O–H groups in total. The largest absolute Gasteiger partial charge is 0.313 e. The van der Waals surface area contributed by atoms with E-state index in [1.165, 1.54) is 15.3 Å². The first kappa shape index (κ1) is 13.9. The highest BCUT2D eigenvalue weighted by atomic mass is 35.5. The van der Waals surface area contributed by atoms with Gasteiger partial charge in [0.15, 0.2) is 0 Å². The maximum absolute atomic E-state index is 5.97. The predicted octanol–water partition coefficient (Wildman–Crippen LogP) is 4.63. The highest BCUT2D eigenvalue weighted by Crippen LogP contribution is 2.27. The van der Waals surface area contributed by atoms with Gasteiger partial charge in [-0.3, -0.25) is 0 Å². The molecule has 1 aromatic carbocycles. The number of rotatable bonds is 5. The van der Waals surface area contributed by atoms with Gasteiger partial charge in [0, 0.05) is 22.2 Å². The summed E-state index contributed by atoms with van der Waals surface area (Å²) < 4.78 is 0.859. The molecule has 4 heteroatoms. The summed E-state index contributed by atoms with van der Waals surface area (Å²) in [5.41, 5.74) is 1.32. The Morgan fingerprint density at radius 2 is 1.94 bits per heavy atom. The molecule has 0 fully saturated rings. The molecule has 1 heterocycles. The maximum atomic E-state index is 5.97. The first-order valence-electron chi connectivity index (χ1n) is 5.78. The van der Waals surface area contributed by atoms with Gasteiger partial charge < -0.3 is 5.32 Å². The van der Waals surface area contributed by atoms with Crippen molar-refractivity contribution in [2.24, 2.45) is 0 Å². The lowest BCUT2D eigenvalue weighted by molar-refractivity contribution is 0.596. The van der Waals surface area contributed by atoms with Gasteiger partial charge in [-0.2, -0.15) is 0 Å². The lowest BCUT2D eigenvalue weighted by atomic mass is 10.0. The predicted molar refractivity (Wildman–Crippen MR) is 83.1 cm³/mol. The van der Waals surface area contributed by atoms with Crippen LogP contribution in [0.3, 0.4) is 0 Å². The molecule has 1 nitrogen and oxygen atoms in total. The van der Waals surface area contributed by atoms with E-state index in [0.29, 0.717) is 6.04 Å². The fourth-order valence-electron chi connectivity index (χ4n) is 1.89. The molecule has 0 amide bonds. The van der Waals surface area contributed by atoms with Crippen LogP contribution in [0.5, 0.6) is 0 Å². The molecule has 0 aliphatic rings. The van der Waals surface area contributed by atoms with E-state index < -0.39 is 0 Å². The standard InChI is InChI=1S/C14H16ClNS2/c1-16-13(9-12-7-8-14(15)18-12)10-3-5-11(17-2)6-4-10/h3-8,13,16H,9H2,1-2H3. The summed E-state index contributed by atoms with van der Waals surface area (Å²) in [5.74, 6) is 0. The Bertz CT molecular complexity index is 493. The van der Waals surface area contributed by atoms with Crippen molar-refractivity contribution < 1.29 is 0 Å². The SMILES string of the molecule is CNC(Cc1ccc(Cl)s1)c1ccc(SC)cc1. The first-order valence-corrected chi connectivity index (χ1v) is 8.20. The number of likely N-dealkylation sites (N-methyl/N-ethyl adjacent to an activating group) is 1. The number of benzene rings is 1. The molecule has 0 saturated heterocycles. The quantitative estimate of drug-likeness (QED) is 0.808. The van der Waals surface area contributed by atoms with Gasteiger partial charge in [0.2, 0.25) is 0 Å². The summed E-state index contributed by atoms with van der Waals surface area (Å²) in [6.07, 6.45) is 3.07. The van der Waals surface area contributed by atoms with Gasteiger partial charge in [0.1, 0.15) is 0 Å². The fourth-order valence-corrected chi connectivity index (χ4v) is 3.43. The Balaban J connectivity index is 2.12. The Kier molecular flexibility index (Phi) is 5.13. The third kappa shape index (κ3) is 3.51.